The molecule has 0 saturated carbocycles. The van der Waals surface area contributed by atoms with Gasteiger partial charge in [0.25, 0.3) is 0 Å². The molecule has 1 aliphatic rings. The molecular weight excluding hydrogens is 324 g/mol. The molecule has 0 spiro atoms. The van der Waals surface area contributed by atoms with Crippen LogP contribution in [-0.2, 0) is 19.9 Å². The Morgan fingerprint density at radius 2 is 2.05 bits per heavy atom. The van der Waals surface area contributed by atoms with Crippen molar-refractivity contribution in [1.29, 1.82) is 0 Å². The molecule has 2 N–H and O–H groups in total. The maximum absolute atomic E-state index is 12.5. The Labute approximate surface area is 123 Å². The van der Waals surface area contributed by atoms with Crippen LogP contribution >= 0.6 is 11.6 Å². The first-order valence-electron chi connectivity index (χ1n) is 5.91. The smallest absolute Gasteiger partial charge is 0.243 e. The van der Waals surface area contributed by atoms with Gasteiger partial charge < -0.3 is 5.73 Å². The van der Waals surface area contributed by atoms with Crippen molar-refractivity contribution in [2.45, 2.75) is 17.9 Å². The van der Waals surface area contributed by atoms with Crippen molar-refractivity contribution in [3.8, 4) is 0 Å². The average Bonchev–Trinajstić information content (AvgIpc) is 2.30. The zero-order valence-corrected chi connectivity index (χ0v) is 13.2. The third-order valence-electron chi connectivity index (χ3n) is 3.18. The van der Waals surface area contributed by atoms with E-state index in [1.807, 2.05) is 0 Å². The number of rotatable bonds is 2. The van der Waals surface area contributed by atoms with Crippen LogP contribution in [0.3, 0.4) is 0 Å². The number of hydrogen-bond donors (Lipinski definition) is 1. The molecule has 1 saturated heterocycles. The van der Waals surface area contributed by atoms with Crippen LogP contribution in [0.4, 0.5) is 5.69 Å². The summed E-state index contributed by atoms with van der Waals surface area (Å²) in [7, 11) is -6.94. The van der Waals surface area contributed by atoms with Gasteiger partial charge in [0.1, 0.15) is 0 Å². The zero-order valence-electron chi connectivity index (χ0n) is 10.8. The molecule has 1 aromatic rings. The molecule has 1 aromatic carbocycles. The predicted molar refractivity (Wildman–Crippen MR) is 77.9 cm³/mol. The summed E-state index contributed by atoms with van der Waals surface area (Å²) < 4.78 is 49.2. The summed E-state index contributed by atoms with van der Waals surface area (Å²) in [6.07, 6.45) is 0. The van der Waals surface area contributed by atoms with Gasteiger partial charge in [-0.2, -0.15) is 4.31 Å². The van der Waals surface area contributed by atoms with Crippen molar-refractivity contribution in [2.75, 3.05) is 23.8 Å². The lowest BCUT2D eigenvalue weighted by atomic mass is 10.3. The van der Waals surface area contributed by atoms with Gasteiger partial charge in [0, 0.05) is 12.6 Å². The molecule has 112 valence electrons. The lowest BCUT2D eigenvalue weighted by molar-refractivity contribution is 0.357. The minimum absolute atomic E-state index is 0.0190. The second-order valence-electron chi connectivity index (χ2n) is 4.76. The largest absolute Gasteiger partial charge is 0.397 e. The summed E-state index contributed by atoms with van der Waals surface area (Å²) in [6, 6.07) is 3.46. The average molecular weight is 339 g/mol. The van der Waals surface area contributed by atoms with Crippen molar-refractivity contribution < 1.29 is 16.8 Å². The van der Waals surface area contributed by atoms with Gasteiger partial charge in [-0.05, 0) is 25.1 Å². The second kappa shape index (κ2) is 5.18. The highest BCUT2D eigenvalue weighted by atomic mass is 35.5. The third kappa shape index (κ3) is 2.93. The Balaban J connectivity index is 2.38. The number of nitrogens with zero attached hydrogens (tertiary/aromatic N) is 1. The maximum Gasteiger partial charge on any atom is 0.243 e. The Kier molecular flexibility index (Phi) is 4.03. The first-order chi connectivity index (χ1) is 9.13. The highest BCUT2D eigenvalue weighted by Crippen LogP contribution is 2.27. The van der Waals surface area contributed by atoms with E-state index in [1.54, 1.807) is 6.92 Å². The number of benzene rings is 1. The standard InChI is InChI=1S/C11H15ClN2O4S2/c1-8-7-19(15,16)5-4-14(8)20(17,18)9-2-3-10(12)11(13)6-9/h2-3,6,8H,4-5,7,13H2,1H3. The molecular formula is C11H15ClN2O4S2. The molecule has 9 heteroatoms. The quantitative estimate of drug-likeness (QED) is 0.802. The van der Waals surface area contributed by atoms with Crippen LogP contribution in [0.1, 0.15) is 6.92 Å². The van der Waals surface area contributed by atoms with E-state index in [0.717, 1.165) is 0 Å². The first-order valence-corrected chi connectivity index (χ1v) is 9.55. The topological polar surface area (TPSA) is 97.5 Å². The molecule has 1 fully saturated rings. The van der Waals surface area contributed by atoms with Crippen molar-refractivity contribution in [1.82, 2.24) is 4.31 Å². The fourth-order valence-corrected chi connectivity index (χ4v) is 5.71. The fraction of sp³-hybridized carbons (Fsp3) is 0.455. The van der Waals surface area contributed by atoms with Crippen LogP contribution in [0.25, 0.3) is 0 Å². The van der Waals surface area contributed by atoms with Crippen LogP contribution in [0.2, 0.25) is 5.02 Å². The van der Waals surface area contributed by atoms with E-state index in [0.29, 0.717) is 0 Å². The minimum Gasteiger partial charge on any atom is -0.397 e. The molecule has 0 radical (unpaired) electrons. The van der Waals surface area contributed by atoms with Gasteiger partial charge in [0.05, 0.1) is 27.1 Å². The molecule has 0 bridgehead atoms. The highest BCUT2D eigenvalue weighted by molar-refractivity contribution is 7.92. The molecule has 1 aliphatic heterocycles. The summed E-state index contributed by atoms with van der Waals surface area (Å²) >= 11 is 5.77. The zero-order chi connectivity index (χ0) is 15.1. The Bertz CT molecular complexity index is 731. The van der Waals surface area contributed by atoms with Gasteiger partial charge in [0.2, 0.25) is 10.0 Å². The normalized spacial score (nSPS) is 23.6. The molecule has 1 atom stereocenters. The van der Waals surface area contributed by atoms with E-state index in [2.05, 4.69) is 0 Å². The summed E-state index contributed by atoms with van der Waals surface area (Å²) in [5.41, 5.74) is 5.79. The third-order valence-corrected chi connectivity index (χ3v) is 7.33. The molecule has 1 unspecified atom stereocenters. The fourth-order valence-electron chi connectivity index (χ4n) is 2.16. The monoisotopic (exact) mass is 338 g/mol. The number of anilines is 1. The lowest BCUT2D eigenvalue weighted by Gasteiger charge is -2.32. The van der Waals surface area contributed by atoms with Crippen LogP contribution < -0.4 is 5.73 Å². The predicted octanol–water partition coefficient (Wildman–Crippen LogP) is 0.730. The van der Waals surface area contributed by atoms with Crippen LogP contribution in [0, 0.1) is 0 Å². The second-order valence-corrected chi connectivity index (χ2v) is 9.29. The number of halogens is 1. The minimum atomic E-state index is -3.77. The Morgan fingerprint density at radius 3 is 2.60 bits per heavy atom. The summed E-state index contributed by atoms with van der Waals surface area (Å²) in [6.45, 7) is 1.53. The Hall–Kier alpha value is -0.830. The molecule has 0 aliphatic carbocycles. The molecule has 1 heterocycles. The number of hydrogen-bond acceptors (Lipinski definition) is 5. The van der Waals surface area contributed by atoms with Gasteiger partial charge in [-0.25, -0.2) is 16.8 Å². The first kappa shape index (κ1) is 15.6. The Morgan fingerprint density at radius 1 is 1.40 bits per heavy atom. The maximum atomic E-state index is 12.5. The summed E-state index contributed by atoms with van der Waals surface area (Å²) in [5.74, 6) is -0.338. The van der Waals surface area contributed by atoms with Gasteiger partial charge in [0.15, 0.2) is 9.84 Å². The molecule has 2 rings (SSSR count). The molecule has 20 heavy (non-hydrogen) atoms. The molecule has 0 amide bonds. The number of sulfonamides is 1. The van der Waals surface area contributed by atoms with Gasteiger partial charge >= 0.3 is 0 Å². The van der Waals surface area contributed by atoms with E-state index < -0.39 is 25.9 Å². The number of nitrogen functional groups attached to an aromatic ring is 1. The summed E-state index contributed by atoms with van der Waals surface area (Å²) in [5, 5.41) is 0.276. The van der Waals surface area contributed by atoms with Crippen molar-refractivity contribution in [3.05, 3.63) is 23.2 Å². The van der Waals surface area contributed by atoms with Crippen LogP contribution in [-0.4, -0.2) is 45.2 Å². The summed E-state index contributed by atoms with van der Waals surface area (Å²) in [4.78, 5) is 0.0190. The molecule has 0 aromatic heterocycles. The number of nitrogens with two attached hydrogens (primary N) is 1. The molecule has 6 nitrogen and oxygen atoms in total. The van der Waals surface area contributed by atoms with Crippen molar-refractivity contribution in [2.24, 2.45) is 0 Å². The highest BCUT2D eigenvalue weighted by Gasteiger charge is 2.36. The lowest BCUT2D eigenvalue weighted by Crippen LogP contribution is -2.49. The van der Waals surface area contributed by atoms with E-state index in [-0.39, 0.29) is 33.7 Å². The number of sulfone groups is 1. The van der Waals surface area contributed by atoms with E-state index in [9.17, 15) is 16.8 Å². The van der Waals surface area contributed by atoms with E-state index in [1.165, 1.54) is 22.5 Å². The van der Waals surface area contributed by atoms with Crippen molar-refractivity contribution in [3.63, 3.8) is 0 Å². The van der Waals surface area contributed by atoms with Crippen molar-refractivity contribution >= 4 is 37.1 Å². The SMILES string of the molecule is CC1CS(=O)(=O)CCN1S(=O)(=O)c1ccc(Cl)c(N)c1. The van der Waals surface area contributed by atoms with E-state index >= 15 is 0 Å². The van der Waals surface area contributed by atoms with Gasteiger partial charge in [-0.3, -0.25) is 0 Å². The van der Waals surface area contributed by atoms with Crippen LogP contribution in [0.5, 0.6) is 0 Å². The van der Waals surface area contributed by atoms with Crippen LogP contribution in [0.15, 0.2) is 23.1 Å². The van der Waals surface area contributed by atoms with Gasteiger partial charge in [-0.1, -0.05) is 11.6 Å². The van der Waals surface area contributed by atoms with E-state index in [4.69, 9.17) is 17.3 Å². The van der Waals surface area contributed by atoms with Gasteiger partial charge in [-0.15, -0.1) is 0 Å².